The summed E-state index contributed by atoms with van der Waals surface area (Å²) in [5.74, 6) is 5.60. The van der Waals surface area contributed by atoms with Crippen LogP contribution >= 0.6 is 0 Å². The molecular weight excluding hydrogens is 230 g/mol. The van der Waals surface area contributed by atoms with Crippen LogP contribution in [0.3, 0.4) is 0 Å². The second kappa shape index (κ2) is 6.41. The Hall–Kier alpha value is -1.54. The van der Waals surface area contributed by atoms with Crippen LogP contribution in [0.25, 0.3) is 0 Å². The standard InChI is InChI=1S/C14H19NO3/c1-14(2,18)7-6-11-4-3-5-12(8-11)15-9-13(17)10-16/h3-5,8,13,15-18H,9-10H2,1-2H3. The van der Waals surface area contributed by atoms with Crippen molar-refractivity contribution in [2.75, 3.05) is 18.5 Å². The first-order chi connectivity index (χ1) is 8.40. The van der Waals surface area contributed by atoms with Gasteiger partial charge in [-0.3, -0.25) is 0 Å². The van der Waals surface area contributed by atoms with Gasteiger partial charge in [0.2, 0.25) is 0 Å². The van der Waals surface area contributed by atoms with Gasteiger partial charge < -0.3 is 20.6 Å². The lowest BCUT2D eigenvalue weighted by atomic mass is 10.1. The predicted molar refractivity (Wildman–Crippen MR) is 71.2 cm³/mol. The van der Waals surface area contributed by atoms with Gasteiger partial charge in [-0.05, 0) is 32.0 Å². The van der Waals surface area contributed by atoms with Gasteiger partial charge in [-0.25, -0.2) is 0 Å². The highest BCUT2D eigenvalue weighted by Gasteiger charge is 2.06. The SMILES string of the molecule is CC(C)(O)C#Cc1cccc(NCC(O)CO)c1. The molecule has 18 heavy (non-hydrogen) atoms. The van der Waals surface area contributed by atoms with Crippen molar-refractivity contribution in [3.63, 3.8) is 0 Å². The van der Waals surface area contributed by atoms with Gasteiger partial charge in [-0.15, -0.1) is 0 Å². The first-order valence-electron chi connectivity index (χ1n) is 5.79. The van der Waals surface area contributed by atoms with Crippen LogP contribution in [-0.4, -0.2) is 40.2 Å². The van der Waals surface area contributed by atoms with E-state index in [4.69, 9.17) is 5.11 Å². The highest BCUT2D eigenvalue weighted by Crippen LogP contribution is 2.10. The van der Waals surface area contributed by atoms with Crippen molar-refractivity contribution in [1.82, 2.24) is 0 Å². The fourth-order valence-corrected chi connectivity index (χ4v) is 1.23. The minimum Gasteiger partial charge on any atom is -0.394 e. The number of anilines is 1. The van der Waals surface area contributed by atoms with E-state index in [1.807, 2.05) is 24.3 Å². The van der Waals surface area contributed by atoms with E-state index in [0.29, 0.717) is 0 Å². The summed E-state index contributed by atoms with van der Waals surface area (Å²) >= 11 is 0. The van der Waals surface area contributed by atoms with Crippen LogP contribution in [0.4, 0.5) is 5.69 Å². The Morgan fingerprint density at radius 3 is 2.72 bits per heavy atom. The molecule has 0 spiro atoms. The summed E-state index contributed by atoms with van der Waals surface area (Å²) in [5, 5.41) is 30.4. The number of benzene rings is 1. The zero-order valence-electron chi connectivity index (χ0n) is 10.6. The largest absolute Gasteiger partial charge is 0.394 e. The molecule has 4 nitrogen and oxygen atoms in total. The van der Waals surface area contributed by atoms with Crippen LogP contribution in [0.15, 0.2) is 24.3 Å². The minimum atomic E-state index is -1.02. The molecule has 0 aliphatic carbocycles. The van der Waals surface area contributed by atoms with Gasteiger partial charge in [0.15, 0.2) is 0 Å². The molecule has 1 rings (SSSR count). The normalized spacial score (nSPS) is 12.5. The maximum Gasteiger partial charge on any atom is 0.120 e. The lowest BCUT2D eigenvalue weighted by molar-refractivity contribution is 0.105. The summed E-state index contributed by atoms with van der Waals surface area (Å²) in [7, 11) is 0. The first kappa shape index (κ1) is 14.5. The molecule has 1 aromatic carbocycles. The zero-order chi connectivity index (χ0) is 13.6. The average Bonchev–Trinajstić information content (AvgIpc) is 2.33. The Kier molecular flexibility index (Phi) is 5.17. The monoisotopic (exact) mass is 249 g/mol. The quantitative estimate of drug-likeness (QED) is 0.589. The third-order valence-electron chi connectivity index (χ3n) is 2.13. The summed E-state index contributed by atoms with van der Waals surface area (Å²) in [6.07, 6.45) is -0.781. The molecular formula is C14H19NO3. The fourth-order valence-electron chi connectivity index (χ4n) is 1.23. The molecule has 0 amide bonds. The van der Waals surface area contributed by atoms with Gasteiger partial charge in [0, 0.05) is 17.8 Å². The molecule has 0 radical (unpaired) electrons. The molecule has 0 aromatic heterocycles. The Balaban J connectivity index is 2.70. The topological polar surface area (TPSA) is 72.7 Å². The van der Waals surface area contributed by atoms with E-state index >= 15 is 0 Å². The van der Waals surface area contributed by atoms with Crippen molar-refractivity contribution in [1.29, 1.82) is 0 Å². The Labute approximate surface area is 107 Å². The molecule has 0 bridgehead atoms. The van der Waals surface area contributed by atoms with E-state index in [0.717, 1.165) is 11.3 Å². The summed E-state index contributed by atoms with van der Waals surface area (Å²) in [5.41, 5.74) is 0.571. The van der Waals surface area contributed by atoms with Crippen molar-refractivity contribution in [3.05, 3.63) is 29.8 Å². The molecule has 1 atom stereocenters. The maximum atomic E-state index is 9.51. The second-order valence-electron chi connectivity index (χ2n) is 4.61. The Morgan fingerprint density at radius 2 is 2.11 bits per heavy atom. The van der Waals surface area contributed by atoms with E-state index in [-0.39, 0.29) is 13.2 Å². The van der Waals surface area contributed by atoms with E-state index in [9.17, 15) is 10.2 Å². The molecule has 0 fully saturated rings. The van der Waals surface area contributed by atoms with Gasteiger partial charge >= 0.3 is 0 Å². The summed E-state index contributed by atoms with van der Waals surface area (Å²) < 4.78 is 0. The summed E-state index contributed by atoms with van der Waals surface area (Å²) in [4.78, 5) is 0. The average molecular weight is 249 g/mol. The lowest BCUT2D eigenvalue weighted by Crippen LogP contribution is -2.22. The number of rotatable bonds is 4. The van der Waals surface area contributed by atoms with Crippen LogP contribution in [0.5, 0.6) is 0 Å². The first-order valence-corrected chi connectivity index (χ1v) is 5.79. The highest BCUT2D eigenvalue weighted by atomic mass is 16.3. The van der Waals surface area contributed by atoms with Crippen molar-refractivity contribution >= 4 is 5.69 Å². The highest BCUT2D eigenvalue weighted by molar-refractivity contribution is 5.50. The molecule has 4 N–H and O–H groups in total. The van der Waals surface area contributed by atoms with E-state index in [1.165, 1.54) is 0 Å². The number of hydrogen-bond donors (Lipinski definition) is 4. The van der Waals surface area contributed by atoms with Gasteiger partial charge in [-0.2, -0.15) is 0 Å². The molecule has 4 heteroatoms. The number of nitrogens with one attached hydrogen (secondary N) is 1. The smallest absolute Gasteiger partial charge is 0.120 e. The molecule has 1 aromatic rings. The van der Waals surface area contributed by atoms with Crippen molar-refractivity contribution in [2.45, 2.75) is 25.6 Å². The molecule has 0 saturated heterocycles. The molecule has 98 valence electrons. The summed E-state index contributed by atoms with van der Waals surface area (Å²) in [6.45, 7) is 3.25. The van der Waals surface area contributed by atoms with E-state index < -0.39 is 11.7 Å². The van der Waals surface area contributed by atoms with Crippen LogP contribution < -0.4 is 5.32 Å². The van der Waals surface area contributed by atoms with Crippen LogP contribution in [0.1, 0.15) is 19.4 Å². The third kappa shape index (κ3) is 5.69. The molecule has 0 aliphatic heterocycles. The Morgan fingerprint density at radius 1 is 1.39 bits per heavy atom. The molecule has 0 saturated carbocycles. The maximum absolute atomic E-state index is 9.51. The second-order valence-corrected chi connectivity index (χ2v) is 4.61. The van der Waals surface area contributed by atoms with Crippen molar-refractivity contribution < 1.29 is 15.3 Å². The number of aliphatic hydroxyl groups excluding tert-OH is 2. The minimum absolute atomic E-state index is 0.273. The third-order valence-corrected chi connectivity index (χ3v) is 2.13. The van der Waals surface area contributed by atoms with Crippen molar-refractivity contribution in [2.24, 2.45) is 0 Å². The fraction of sp³-hybridized carbons (Fsp3) is 0.429. The lowest BCUT2D eigenvalue weighted by Gasteiger charge is -2.10. The van der Waals surface area contributed by atoms with Crippen LogP contribution in [0.2, 0.25) is 0 Å². The van der Waals surface area contributed by atoms with Crippen molar-refractivity contribution in [3.8, 4) is 11.8 Å². The van der Waals surface area contributed by atoms with Gasteiger partial charge in [-0.1, -0.05) is 17.9 Å². The summed E-state index contributed by atoms with van der Waals surface area (Å²) in [6, 6.07) is 7.34. The zero-order valence-corrected chi connectivity index (χ0v) is 10.6. The van der Waals surface area contributed by atoms with Crippen LogP contribution in [0, 0.1) is 11.8 Å². The van der Waals surface area contributed by atoms with Crippen LogP contribution in [-0.2, 0) is 0 Å². The van der Waals surface area contributed by atoms with Gasteiger partial charge in [0.25, 0.3) is 0 Å². The number of hydrogen-bond acceptors (Lipinski definition) is 4. The predicted octanol–water partition coefficient (Wildman–Crippen LogP) is 0.574. The van der Waals surface area contributed by atoms with E-state index in [1.54, 1.807) is 13.8 Å². The van der Waals surface area contributed by atoms with E-state index in [2.05, 4.69) is 17.2 Å². The number of aliphatic hydroxyl groups is 3. The Bertz CT molecular complexity index is 440. The van der Waals surface area contributed by atoms with Gasteiger partial charge in [0.05, 0.1) is 12.7 Å². The molecule has 0 heterocycles. The molecule has 1 unspecified atom stereocenters. The molecule has 0 aliphatic rings. The van der Waals surface area contributed by atoms with Gasteiger partial charge in [0.1, 0.15) is 5.60 Å².